The van der Waals surface area contributed by atoms with Crippen molar-refractivity contribution in [2.24, 2.45) is 0 Å². The van der Waals surface area contributed by atoms with Gasteiger partial charge < -0.3 is 14.4 Å². The zero-order valence-electron chi connectivity index (χ0n) is 21.7. The summed E-state index contributed by atoms with van der Waals surface area (Å²) in [5.41, 5.74) is 1.70. The number of likely N-dealkylation sites (tertiary alicyclic amines) is 1. The first-order valence-corrected chi connectivity index (χ1v) is 13.5. The van der Waals surface area contributed by atoms with Gasteiger partial charge in [0.15, 0.2) is 5.78 Å². The Morgan fingerprint density at radius 1 is 0.744 bits per heavy atom. The van der Waals surface area contributed by atoms with Crippen molar-refractivity contribution in [2.45, 2.75) is 36.7 Å². The average Bonchev–Trinajstić information content (AvgIpc) is 3.53. The minimum Gasteiger partial charge on any atom is -0.358 e. The van der Waals surface area contributed by atoms with E-state index in [4.69, 9.17) is 9.47 Å². The Hall–Kier alpha value is -4.06. The number of benzene rings is 4. The molecule has 4 aromatic rings. The summed E-state index contributed by atoms with van der Waals surface area (Å²) in [6.07, 6.45) is 0.564. The van der Waals surface area contributed by atoms with E-state index in [-0.39, 0.29) is 30.9 Å². The highest BCUT2D eigenvalue weighted by molar-refractivity contribution is 6.16. The van der Waals surface area contributed by atoms with Gasteiger partial charge in [-0.15, -0.1) is 0 Å². The second-order valence-electron chi connectivity index (χ2n) is 10.3. The molecule has 2 heterocycles. The van der Waals surface area contributed by atoms with Gasteiger partial charge in [-0.25, -0.2) is 0 Å². The van der Waals surface area contributed by atoms with Crippen molar-refractivity contribution in [3.05, 3.63) is 144 Å². The van der Waals surface area contributed by atoms with E-state index < -0.39 is 11.2 Å². The molecule has 0 radical (unpaired) electrons. The first-order valence-electron chi connectivity index (χ1n) is 13.5. The quantitative estimate of drug-likeness (QED) is 0.228. The van der Waals surface area contributed by atoms with E-state index in [1.54, 1.807) is 4.90 Å². The highest BCUT2D eigenvalue weighted by Crippen LogP contribution is 2.43. The Morgan fingerprint density at radius 2 is 1.23 bits per heavy atom. The van der Waals surface area contributed by atoms with Gasteiger partial charge in [0, 0.05) is 6.54 Å². The number of hydrogen-bond acceptors (Lipinski definition) is 4. The second kappa shape index (κ2) is 10.6. The van der Waals surface area contributed by atoms with Crippen LogP contribution in [0.4, 0.5) is 0 Å². The molecular weight excluding hydrogens is 486 g/mol. The summed E-state index contributed by atoms with van der Waals surface area (Å²) in [5.74, 6) is -0.398. The molecule has 2 saturated heterocycles. The SMILES string of the molecule is O=C1CN(Cc2ccccc2)C(=O)[C@@]12CCC(COC(c1ccccc1)(c1ccccc1)c1ccccc1)O2. The van der Waals surface area contributed by atoms with Gasteiger partial charge in [0.05, 0.1) is 19.3 Å². The van der Waals surface area contributed by atoms with Gasteiger partial charge in [0.25, 0.3) is 5.91 Å². The van der Waals surface area contributed by atoms with Gasteiger partial charge in [-0.1, -0.05) is 121 Å². The van der Waals surface area contributed by atoms with Crippen LogP contribution < -0.4 is 0 Å². The summed E-state index contributed by atoms with van der Waals surface area (Å²) in [6, 6.07) is 40.2. The van der Waals surface area contributed by atoms with Crippen LogP contribution in [0.1, 0.15) is 35.1 Å². The lowest BCUT2D eigenvalue weighted by Gasteiger charge is -2.37. The molecule has 2 aliphatic rings. The Morgan fingerprint density at radius 3 is 1.74 bits per heavy atom. The van der Waals surface area contributed by atoms with Crippen molar-refractivity contribution in [3.63, 3.8) is 0 Å². The van der Waals surface area contributed by atoms with Gasteiger partial charge in [0.2, 0.25) is 5.60 Å². The highest BCUT2D eigenvalue weighted by Gasteiger charge is 2.59. The minimum absolute atomic E-state index is 0.0727. The van der Waals surface area contributed by atoms with Crippen LogP contribution in [0.2, 0.25) is 0 Å². The molecule has 2 atom stereocenters. The van der Waals surface area contributed by atoms with E-state index in [1.165, 1.54) is 0 Å². The number of carbonyl (C=O) groups excluding carboxylic acids is 2. The van der Waals surface area contributed by atoms with Crippen molar-refractivity contribution in [1.82, 2.24) is 4.90 Å². The van der Waals surface area contributed by atoms with Gasteiger partial charge in [-0.2, -0.15) is 0 Å². The molecule has 5 heteroatoms. The summed E-state index contributed by atoms with van der Waals surface area (Å²) >= 11 is 0. The van der Waals surface area contributed by atoms with E-state index >= 15 is 0 Å². The first-order chi connectivity index (χ1) is 19.1. The smallest absolute Gasteiger partial charge is 0.263 e. The molecule has 6 rings (SSSR count). The van der Waals surface area contributed by atoms with Crippen molar-refractivity contribution in [3.8, 4) is 0 Å². The standard InChI is InChI=1S/C34H31NO4/c36-31-24-35(23-26-13-5-1-6-14-26)32(37)33(31)22-21-30(39-33)25-38-34(27-15-7-2-8-16-27,28-17-9-3-10-18-28)29-19-11-4-12-20-29/h1-20,30H,21-25H2/t30?,33-/m1/s1. The van der Waals surface area contributed by atoms with Crippen molar-refractivity contribution < 1.29 is 19.1 Å². The molecule has 0 aromatic heterocycles. The largest absolute Gasteiger partial charge is 0.358 e. The van der Waals surface area contributed by atoms with Crippen molar-refractivity contribution in [1.29, 1.82) is 0 Å². The van der Waals surface area contributed by atoms with Crippen LogP contribution in [0.3, 0.4) is 0 Å². The summed E-state index contributed by atoms with van der Waals surface area (Å²) in [4.78, 5) is 28.3. The third kappa shape index (κ3) is 4.58. The summed E-state index contributed by atoms with van der Waals surface area (Å²) in [6.45, 7) is 0.708. The van der Waals surface area contributed by atoms with Crippen LogP contribution in [0.5, 0.6) is 0 Å². The average molecular weight is 518 g/mol. The van der Waals surface area contributed by atoms with Crippen LogP contribution in [-0.4, -0.2) is 41.4 Å². The number of Topliss-reactive ketones (excluding diaryl/α,β-unsaturated/α-hetero) is 1. The molecule has 1 unspecified atom stereocenters. The normalized spacial score (nSPS) is 21.1. The van der Waals surface area contributed by atoms with Crippen molar-refractivity contribution in [2.75, 3.05) is 13.2 Å². The Labute approximate surface area is 229 Å². The molecule has 1 amide bonds. The monoisotopic (exact) mass is 517 g/mol. The van der Waals surface area contributed by atoms with Crippen LogP contribution in [0.25, 0.3) is 0 Å². The molecule has 0 N–H and O–H groups in total. The molecule has 2 aliphatic heterocycles. The number of rotatable bonds is 8. The fraction of sp³-hybridized carbons (Fsp3) is 0.235. The van der Waals surface area contributed by atoms with Crippen LogP contribution in [-0.2, 0) is 31.2 Å². The first kappa shape index (κ1) is 25.2. The van der Waals surface area contributed by atoms with E-state index in [0.29, 0.717) is 19.4 Å². The maximum absolute atomic E-state index is 13.5. The maximum Gasteiger partial charge on any atom is 0.263 e. The second-order valence-corrected chi connectivity index (χ2v) is 10.3. The number of hydrogen-bond donors (Lipinski definition) is 0. The minimum atomic E-state index is -1.41. The molecule has 39 heavy (non-hydrogen) atoms. The molecule has 0 saturated carbocycles. The fourth-order valence-corrected chi connectivity index (χ4v) is 5.91. The van der Waals surface area contributed by atoms with Crippen LogP contribution in [0.15, 0.2) is 121 Å². The third-order valence-corrected chi connectivity index (χ3v) is 7.85. The topological polar surface area (TPSA) is 55.8 Å². The van der Waals surface area contributed by atoms with E-state index in [1.807, 2.05) is 84.9 Å². The van der Waals surface area contributed by atoms with Crippen LogP contribution in [0, 0.1) is 0 Å². The predicted octanol–water partition coefficient (Wildman–Crippen LogP) is 5.52. The number of nitrogens with zero attached hydrogens (tertiary/aromatic N) is 1. The lowest BCUT2D eigenvalue weighted by Crippen LogP contribution is -2.44. The molecule has 5 nitrogen and oxygen atoms in total. The number of ether oxygens (including phenoxy) is 2. The zero-order chi connectivity index (χ0) is 26.7. The zero-order valence-corrected chi connectivity index (χ0v) is 21.7. The van der Waals surface area contributed by atoms with Gasteiger partial charge in [-0.3, -0.25) is 9.59 Å². The molecule has 2 fully saturated rings. The van der Waals surface area contributed by atoms with E-state index in [0.717, 1.165) is 22.3 Å². The van der Waals surface area contributed by atoms with Crippen molar-refractivity contribution >= 4 is 11.7 Å². The van der Waals surface area contributed by atoms with E-state index in [9.17, 15) is 9.59 Å². The lowest BCUT2D eigenvalue weighted by atomic mass is 9.80. The lowest BCUT2D eigenvalue weighted by molar-refractivity contribution is -0.158. The van der Waals surface area contributed by atoms with Gasteiger partial charge in [0.1, 0.15) is 5.60 Å². The molecule has 1 spiro atoms. The predicted molar refractivity (Wildman–Crippen MR) is 149 cm³/mol. The Bertz CT molecular complexity index is 1330. The molecule has 0 bridgehead atoms. The number of carbonyl (C=O) groups is 2. The van der Waals surface area contributed by atoms with E-state index in [2.05, 4.69) is 36.4 Å². The molecule has 4 aromatic carbocycles. The number of ketones is 1. The van der Waals surface area contributed by atoms with Gasteiger partial charge >= 0.3 is 0 Å². The fourth-order valence-electron chi connectivity index (χ4n) is 5.91. The summed E-state index contributed by atoms with van der Waals surface area (Å²) in [7, 11) is 0. The number of amides is 1. The highest BCUT2D eigenvalue weighted by atomic mass is 16.6. The molecule has 196 valence electrons. The Kier molecular flexibility index (Phi) is 6.86. The maximum atomic E-state index is 13.5. The summed E-state index contributed by atoms with van der Waals surface area (Å²) in [5, 5.41) is 0. The van der Waals surface area contributed by atoms with Gasteiger partial charge in [-0.05, 0) is 35.1 Å². The molecular formula is C34H31NO4. The van der Waals surface area contributed by atoms with Crippen LogP contribution >= 0.6 is 0 Å². The Balaban J connectivity index is 1.27. The third-order valence-electron chi connectivity index (χ3n) is 7.85. The summed E-state index contributed by atoms with van der Waals surface area (Å²) < 4.78 is 13.2. The molecule has 0 aliphatic carbocycles.